The van der Waals surface area contributed by atoms with Crippen LogP contribution in [-0.4, -0.2) is 42.8 Å². The Hall–Kier alpha value is -1.82. The van der Waals surface area contributed by atoms with Crippen LogP contribution in [-0.2, 0) is 17.6 Å². The highest BCUT2D eigenvalue weighted by Crippen LogP contribution is 2.27. The fourth-order valence-electron chi connectivity index (χ4n) is 2.56. The number of hydrogen-bond acceptors (Lipinski definition) is 5. The summed E-state index contributed by atoms with van der Waals surface area (Å²) in [6.45, 7) is 4.19. The lowest BCUT2D eigenvalue weighted by molar-refractivity contribution is 0.205. The van der Waals surface area contributed by atoms with E-state index in [4.69, 9.17) is 20.7 Å². The number of nitrogens with two attached hydrogens (primary N) is 1. The molecule has 0 bridgehead atoms. The van der Waals surface area contributed by atoms with Crippen molar-refractivity contribution in [2.45, 2.75) is 26.2 Å². The van der Waals surface area contributed by atoms with Crippen LogP contribution in [0.15, 0.2) is 11.2 Å². The first-order valence-corrected chi connectivity index (χ1v) is 6.95. The minimum atomic E-state index is 0.109. The number of aromatic nitrogens is 1. The van der Waals surface area contributed by atoms with Crippen LogP contribution in [0.5, 0.6) is 0 Å². The van der Waals surface area contributed by atoms with Crippen LogP contribution < -0.4 is 10.6 Å². The Kier molecular flexibility index (Phi) is 4.79. The summed E-state index contributed by atoms with van der Waals surface area (Å²) in [5.41, 5.74) is 8.85. The molecule has 3 N–H and O–H groups in total. The maximum Gasteiger partial charge on any atom is 0.173 e. The van der Waals surface area contributed by atoms with Crippen LogP contribution in [0, 0.1) is 0 Å². The summed E-state index contributed by atoms with van der Waals surface area (Å²) < 4.78 is 5.13. The summed E-state index contributed by atoms with van der Waals surface area (Å²) >= 11 is 0. The highest BCUT2D eigenvalue weighted by molar-refractivity contribution is 6.01. The van der Waals surface area contributed by atoms with E-state index in [9.17, 15) is 0 Å². The van der Waals surface area contributed by atoms with E-state index in [1.807, 2.05) is 6.07 Å². The van der Waals surface area contributed by atoms with Crippen LogP contribution in [0.1, 0.15) is 30.2 Å². The molecule has 0 unspecified atom stereocenters. The predicted octanol–water partition coefficient (Wildman–Crippen LogP) is 1.14. The SMILES string of the molecule is CCN(CCOC)c1nc2c(cc1C(N)=NO)CCC2. The highest BCUT2D eigenvalue weighted by atomic mass is 16.5. The molecule has 1 heterocycles. The Morgan fingerprint density at radius 1 is 1.55 bits per heavy atom. The molecular weight excluding hydrogens is 256 g/mol. The number of fused-ring (bicyclic) bond motifs is 1. The molecule has 1 aromatic heterocycles. The van der Waals surface area contributed by atoms with Gasteiger partial charge in [0.25, 0.3) is 0 Å². The van der Waals surface area contributed by atoms with Gasteiger partial charge in [0.05, 0.1) is 12.2 Å². The molecule has 1 aromatic rings. The lowest BCUT2D eigenvalue weighted by atomic mass is 10.1. The van der Waals surface area contributed by atoms with Crippen molar-refractivity contribution in [3.63, 3.8) is 0 Å². The van der Waals surface area contributed by atoms with Crippen molar-refractivity contribution in [1.82, 2.24) is 4.98 Å². The number of amidine groups is 1. The molecule has 0 aliphatic heterocycles. The molecule has 0 aromatic carbocycles. The van der Waals surface area contributed by atoms with Gasteiger partial charge in [0.15, 0.2) is 5.84 Å². The van der Waals surface area contributed by atoms with Crippen molar-refractivity contribution >= 4 is 11.7 Å². The number of ether oxygens (including phenoxy) is 1. The van der Waals surface area contributed by atoms with Gasteiger partial charge in [0.1, 0.15) is 5.82 Å². The zero-order valence-corrected chi connectivity index (χ0v) is 12.1. The molecule has 1 aliphatic rings. The minimum absolute atomic E-state index is 0.109. The third-order valence-electron chi connectivity index (χ3n) is 3.66. The van der Waals surface area contributed by atoms with Crippen LogP contribution in [0.3, 0.4) is 0 Å². The monoisotopic (exact) mass is 278 g/mol. The molecule has 0 atom stereocenters. The summed E-state index contributed by atoms with van der Waals surface area (Å²) in [4.78, 5) is 6.84. The quantitative estimate of drug-likeness (QED) is 0.353. The van der Waals surface area contributed by atoms with Crippen LogP contribution in [0.2, 0.25) is 0 Å². The van der Waals surface area contributed by atoms with Gasteiger partial charge in [0, 0.05) is 25.9 Å². The lowest BCUT2D eigenvalue weighted by Gasteiger charge is -2.24. The first-order valence-electron chi connectivity index (χ1n) is 6.95. The zero-order chi connectivity index (χ0) is 14.5. The number of methoxy groups -OCH3 is 1. The Morgan fingerprint density at radius 3 is 3.00 bits per heavy atom. The number of pyridine rings is 1. The van der Waals surface area contributed by atoms with E-state index in [1.54, 1.807) is 7.11 Å². The van der Waals surface area contributed by atoms with Crippen molar-refractivity contribution in [2.24, 2.45) is 10.9 Å². The average molecular weight is 278 g/mol. The summed E-state index contributed by atoms with van der Waals surface area (Å²) in [6, 6.07) is 2.01. The average Bonchev–Trinajstić information content (AvgIpc) is 2.93. The van der Waals surface area contributed by atoms with Gasteiger partial charge in [-0.1, -0.05) is 5.16 Å². The Bertz CT molecular complexity index is 502. The van der Waals surface area contributed by atoms with E-state index in [0.29, 0.717) is 12.2 Å². The number of anilines is 1. The van der Waals surface area contributed by atoms with Gasteiger partial charge in [0.2, 0.25) is 0 Å². The first-order chi connectivity index (χ1) is 9.71. The van der Waals surface area contributed by atoms with E-state index >= 15 is 0 Å². The predicted molar refractivity (Wildman–Crippen MR) is 78.5 cm³/mol. The number of oxime groups is 1. The third kappa shape index (κ3) is 2.85. The van der Waals surface area contributed by atoms with Crippen LogP contribution in [0.4, 0.5) is 5.82 Å². The second-order valence-corrected chi connectivity index (χ2v) is 4.88. The zero-order valence-electron chi connectivity index (χ0n) is 12.1. The van der Waals surface area contributed by atoms with E-state index in [2.05, 4.69) is 17.0 Å². The topological polar surface area (TPSA) is 84.0 Å². The third-order valence-corrected chi connectivity index (χ3v) is 3.66. The summed E-state index contributed by atoms with van der Waals surface area (Å²) in [6.07, 6.45) is 3.13. The summed E-state index contributed by atoms with van der Waals surface area (Å²) in [5.74, 6) is 0.888. The van der Waals surface area contributed by atoms with Crippen molar-refractivity contribution in [3.8, 4) is 0 Å². The van der Waals surface area contributed by atoms with Gasteiger partial charge < -0.3 is 20.6 Å². The number of rotatable bonds is 6. The first kappa shape index (κ1) is 14.6. The highest BCUT2D eigenvalue weighted by Gasteiger charge is 2.21. The molecule has 2 rings (SSSR count). The molecule has 6 heteroatoms. The van der Waals surface area contributed by atoms with Gasteiger partial charge in [-0.3, -0.25) is 0 Å². The molecule has 20 heavy (non-hydrogen) atoms. The van der Waals surface area contributed by atoms with E-state index < -0.39 is 0 Å². The number of likely N-dealkylation sites (N-methyl/N-ethyl adjacent to an activating group) is 1. The largest absolute Gasteiger partial charge is 0.409 e. The Labute approximate surface area is 119 Å². The fraction of sp³-hybridized carbons (Fsp3) is 0.571. The molecular formula is C14H22N4O2. The number of nitrogens with zero attached hydrogens (tertiary/aromatic N) is 3. The standard InChI is InChI=1S/C14H22N4O2/c1-3-18(7-8-20-2)14-11(13(15)17-19)9-10-5-4-6-12(10)16-14/h9,19H,3-8H2,1-2H3,(H2,15,17). The van der Waals surface area contributed by atoms with Gasteiger partial charge in [-0.05, 0) is 37.8 Å². The van der Waals surface area contributed by atoms with Gasteiger partial charge in [-0.25, -0.2) is 4.98 Å². The van der Waals surface area contributed by atoms with Gasteiger partial charge >= 0.3 is 0 Å². The van der Waals surface area contributed by atoms with Gasteiger partial charge in [-0.15, -0.1) is 0 Å². The molecule has 6 nitrogen and oxygen atoms in total. The smallest absolute Gasteiger partial charge is 0.173 e. The second-order valence-electron chi connectivity index (χ2n) is 4.88. The van der Waals surface area contributed by atoms with Crippen LogP contribution >= 0.6 is 0 Å². The van der Waals surface area contributed by atoms with Crippen molar-refractivity contribution in [1.29, 1.82) is 0 Å². The Balaban J connectivity index is 2.43. The molecule has 110 valence electrons. The Morgan fingerprint density at radius 2 is 2.35 bits per heavy atom. The molecule has 0 radical (unpaired) electrons. The van der Waals surface area contributed by atoms with E-state index in [1.165, 1.54) is 5.56 Å². The summed E-state index contributed by atoms with van der Waals surface area (Å²) in [5, 5.41) is 12.1. The van der Waals surface area contributed by atoms with Crippen molar-refractivity contribution < 1.29 is 9.94 Å². The van der Waals surface area contributed by atoms with Gasteiger partial charge in [-0.2, -0.15) is 0 Å². The maximum atomic E-state index is 8.98. The molecule has 0 saturated heterocycles. The second kappa shape index (κ2) is 6.56. The fourth-order valence-corrected chi connectivity index (χ4v) is 2.56. The number of aryl methyl sites for hydroxylation is 2. The van der Waals surface area contributed by atoms with Crippen molar-refractivity contribution in [3.05, 3.63) is 22.9 Å². The molecule has 0 saturated carbocycles. The van der Waals surface area contributed by atoms with E-state index in [-0.39, 0.29) is 5.84 Å². The normalized spacial score (nSPS) is 14.4. The van der Waals surface area contributed by atoms with Crippen LogP contribution in [0.25, 0.3) is 0 Å². The number of hydrogen-bond donors (Lipinski definition) is 2. The molecule has 0 fully saturated rings. The van der Waals surface area contributed by atoms with E-state index in [0.717, 1.165) is 43.9 Å². The lowest BCUT2D eigenvalue weighted by Crippen LogP contribution is -2.31. The molecule has 1 aliphatic carbocycles. The maximum absolute atomic E-state index is 8.98. The minimum Gasteiger partial charge on any atom is -0.409 e. The molecule has 0 spiro atoms. The van der Waals surface area contributed by atoms with Crippen molar-refractivity contribution in [2.75, 3.05) is 31.7 Å². The molecule has 0 amide bonds. The summed E-state index contributed by atoms with van der Waals surface area (Å²) in [7, 11) is 1.68.